The lowest BCUT2D eigenvalue weighted by atomic mass is 10.1. The molecule has 0 bridgehead atoms. The van der Waals surface area contributed by atoms with Crippen molar-refractivity contribution in [2.75, 3.05) is 17.5 Å². The van der Waals surface area contributed by atoms with Crippen molar-refractivity contribution in [1.29, 1.82) is 0 Å². The third kappa shape index (κ3) is 7.83. The largest absolute Gasteiger partial charge is 0.492 e. The molecule has 1 N–H and O–H groups in total. The number of anilines is 1. The van der Waals surface area contributed by atoms with Gasteiger partial charge in [0.25, 0.3) is 10.0 Å². The fourth-order valence-electron chi connectivity index (χ4n) is 3.95. The molecule has 0 radical (unpaired) electrons. The lowest BCUT2D eigenvalue weighted by Crippen LogP contribution is -2.52. The third-order valence-corrected chi connectivity index (χ3v) is 8.21. The van der Waals surface area contributed by atoms with Crippen LogP contribution in [0.4, 0.5) is 5.69 Å². The second kappa shape index (κ2) is 13.6. The number of halogens is 1. The topological polar surface area (TPSA) is 96.0 Å². The van der Waals surface area contributed by atoms with Gasteiger partial charge in [-0.25, -0.2) is 8.42 Å². The van der Waals surface area contributed by atoms with Crippen LogP contribution in [0.1, 0.15) is 33.3 Å². The van der Waals surface area contributed by atoms with E-state index < -0.39 is 28.5 Å². The van der Waals surface area contributed by atoms with E-state index in [9.17, 15) is 18.0 Å². The van der Waals surface area contributed by atoms with Crippen LogP contribution in [0.2, 0.25) is 0 Å². The van der Waals surface area contributed by atoms with Crippen LogP contribution >= 0.6 is 15.9 Å². The van der Waals surface area contributed by atoms with Crippen molar-refractivity contribution in [2.24, 2.45) is 0 Å². The summed E-state index contributed by atoms with van der Waals surface area (Å²) in [5, 5.41) is 2.85. The molecule has 0 saturated heterocycles. The van der Waals surface area contributed by atoms with E-state index in [1.807, 2.05) is 38.1 Å². The molecule has 3 rings (SSSR count). The van der Waals surface area contributed by atoms with E-state index in [0.717, 1.165) is 14.3 Å². The third-order valence-electron chi connectivity index (χ3n) is 5.91. The predicted molar refractivity (Wildman–Crippen MR) is 156 cm³/mol. The maximum absolute atomic E-state index is 14.0. The Balaban J connectivity index is 2.06. The Bertz CT molecular complexity index is 1370. The summed E-state index contributed by atoms with van der Waals surface area (Å²) in [5.74, 6) is -0.532. The number of carbonyl (C=O) groups is 2. The number of sulfonamides is 1. The van der Waals surface area contributed by atoms with Crippen LogP contribution in [0.25, 0.3) is 0 Å². The molecule has 0 spiro atoms. The van der Waals surface area contributed by atoms with Crippen LogP contribution in [0, 0.1) is 0 Å². The summed E-state index contributed by atoms with van der Waals surface area (Å²) in [4.78, 5) is 28.4. The maximum Gasteiger partial charge on any atom is 0.264 e. The molecule has 10 heteroatoms. The Morgan fingerprint density at radius 1 is 0.923 bits per heavy atom. The second-order valence-electron chi connectivity index (χ2n) is 9.21. The van der Waals surface area contributed by atoms with Gasteiger partial charge in [-0.05, 0) is 69.7 Å². The number of hydrogen-bond donors (Lipinski definition) is 1. The standard InChI is InChI=1S/C29H34BrN3O5S/c1-5-38-27-14-10-9-13-26(27)33(39(36,37)25-11-7-6-8-12-25)20-28(34)32(22(4)29(35)31-21(2)3)19-23-15-17-24(30)18-16-23/h6-18,21-22H,5,19-20H2,1-4H3,(H,31,35)/t22-/m0/s1. The Hall–Kier alpha value is -3.37. The van der Waals surface area contributed by atoms with E-state index in [1.54, 1.807) is 56.3 Å². The number of nitrogens with one attached hydrogen (secondary N) is 1. The van der Waals surface area contributed by atoms with Crippen LogP contribution in [0.3, 0.4) is 0 Å². The highest BCUT2D eigenvalue weighted by atomic mass is 79.9. The van der Waals surface area contributed by atoms with E-state index in [1.165, 1.54) is 17.0 Å². The molecule has 3 aromatic rings. The van der Waals surface area contributed by atoms with E-state index in [4.69, 9.17) is 4.74 Å². The van der Waals surface area contributed by atoms with Gasteiger partial charge in [0.2, 0.25) is 11.8 Å². The zero-order valence-electron chi connectivity index (χ0n) is 22.5. The number of rotatable bonds is 12. The van der Waals surface area contributed by atoms with Crippen LogP contribution in [0.15, 0.2) is 88.2 Å². The normalized spacial score (nSPS) is 12.1. The Morgan fingerprint density at radius 2 is 1.54 bits per heavy atom. The summed E-state index contributed by atoms with van der Waals surface area (Å²) < 4.78 is 35.5. The van der Waals surface area contributed by atoms with Crippen LogP contribution in [-0.4, -0.2) is 50.4 Å². The molecular weight excluding hydrogens is 582 g/mol. The second-order valence-corrected chi connectivity index (χ2v) is 12.0. The molecule has 0 unspecified atom stereocenters. The van der Waals surface area contributed by atoms with Gasteiger partial charge >= 0.3 is 0 Å². The molecular formula is C29H34BrN3O5S. The summed E-state index contributed by atoms with van der Waals surface area (Å²) in [6.07, 6.45) is 0. The molecule has 0 aromatic heterocycles. The number of ether oxygens (including phenoxy) is 1. The fraction of sp³-hybridized carbons (Fsp3) is 0.310. The number of para-hydroxylation sites is 2. The van der Waals surface area contributed by atoms with Gasteiger partial charge in [-0.2, -0.15) is 0 Å². The van der Waals surface area contributed by atoms with Crippen molar-refractivity contribution in [3.8, 4) is 5.75 Å². The molecule has 0 aliphatic carbocycles. The molecule has 0 fully saturated rings. The molecule has 3 aromatic carbocycles. The first-order valence-electron chi connectivity index (χ1n) is 12.7. The lowest BCUT2D eigenvalue weighted by molar-refractivity contribution is -0.139. The number of nitrogens with zero attached hydrogens (tertiary/aromatic N) is 2. The molecule has 8 nitrogen and oxygen atoms in total. The Morgan fingerprint density at radius 3 is 2.15 bits per heavy atom. The van der Waals surface area contributed by atoms with E-state index in [-0.39, 0.29) is 29.1 Å². The highest BCUT2D eigenvalue weighted by molar-refractivity contribution is 9.10. The van der Waals surface area contributed by atoms with E-state index >= 15 is 0 Å². The van der Waals surface area contributed by atoms with Crippen LogP contribution < -0.4 is 14.4 Å². The van der Waals surface area contributed by atoms with Crippen molar-refractivity contribution < 1.29 is 22.7 Å². The quantitative estimate of drug-likeness (QED) is 0.310. The Labute approximate surface area is 239 Å². The summed E-state index contributed by atoms with van der Waals surface area (Å²) in [6.45, 7) is 7.01. The van der Waals surface area contributed by atoms with Crippen molar-refractivity contribution in [3.63, 3.8) is 0 Å². The smallest absolute Gasteiger partial charge is 0.264 e. The predicted octanol–water partition coefficient (Wildman–Crippen LogP) is 4.99. The van der Waals surface area contributed by atoms with Gasteiger partial charge in [-0.3, -0.25) is 13.9 Å². The summed E-state index contributed by atoms with van der Waals surface area (Å²) in [7, 11) is -4.17. The first kappa shape index (κ1) is 30.2. The molecule has 208 valence electrons. The van der Waals surface area contributed by atoms with Crippen molar-refractivity contribution in [2.45, 2.75) is 51.2 Å². The molecule has 0 aliphatic rings. The average Bonchev–Trinajstić information content (AvgIpc) is 2.91. The number of benzene rings is 3. The molecule has 2 amide bonds. The van der Waals surface area contributed by atoms with Crippen LogP contribution in [-0.2, 0) is 26.2 Å². The van der Waals surface area contributed by atoms with E-state index in [0.29, 0.717) is 12.4 Å². The minimum Gasteiger partial charge on any atom is -0.492 e. The zero-order valence-corrected chi connectivity index (χ0v) is 24.9. The van der Waals surface area contributed by atoms with Gasteiger partial charge in [0.05, 0.1) is 17.2 Å². The first-order valence-corrected chi connectivity index (χ1v) is 14.9. The summed E-state index contributed by atoms with van der Waals surface area (Å²) in [6, 6.07) is 21.0. The number of hydrogen-bond acceptors (Lipinski definition) is 5. The van der Waals surface area contributed by atoms with Gasteiger partial charge in [0.15, 0.2) is 0 Å². The van der Waals surface area contributed by atoms with Gasteiger partial charge in [-0.15, -0.1) is 0 Å². The SMILES string of the molecule is CCOc1ccccc1N(CC(=O)N(Cc1ccc(Br)cc1)[C@@H](C)C(=O)NC(C)C)S(=O)(=O)c1ccccc1. The lowest BCUT2D eigenvalue weighted by Gasteiger charge is -2.32. The van der Waals surface area contributed by atoms with Crippen LogP contribution in [0.5, 0.6) is 5.75 Å². The van der Waals surface area contributed by atoms with Crippen molar-refractivity contribution >= 4 is 43.5 Å². The van der Waals surface area contributed by atoms with Crippen molar-refractivity contribution in [3.05, 3.63) is 88.9 Å². The number of carbonyl (C=O) groups excluding carboxylic acids is 2. The minimum absolute atomic E-state index is 0.0363. The average molecular weight is 617 g/mol. The minimum atomic E-state index is -4.17. The number of amides is 2. The fourth-order valence-corrected chi connectivity index (χ4v) is 5.66. The first-order chi connectivity index (χ1) is 18.5. The molecule has 0 aliphatic heterocycles. The van der Waals surface area contributed by atoms with E-state index in [2.05, 4.69) is 21.2 Å². The van der Waals surface area contributed by atoms with Crippen molar-refractivity contribution in [1.82, 2.24) is 10.2 Å². The summed E-state index contributed by atoms with van der Waals surface area (Å²) >= 11 is 3.41. The molecule has 39 heavy (non-hydrogen) atoms. The maximum atomic E-state index is 14.0. The van der Waals surface area contributed by atoms with Gasteiger partial charge in [0, 0.05) is 17.1 Å². The van der Waals surface area contributed by atoms with Gasteiger partial charge in [-0.1, -0.05) is 58.4 Å². The summed E-state index contributed by atoms with van der Waals surface area (Å²) in [5.41, 5.74) is 1.03. The Kier molecular flexibility index (Phi) is 10.5. The highest BCUT2D eigenvalue weighted by Crippen LogP contribution is 2.33. The monoisotopic (exact) mass is 615 g/mol. The van der Waals surface area contributed by atoms with Gasteiger partial charge < -0.3 is 15.0 Å². The molecule has 0 saturated carbocycles. The van der Waals surface area contributed by atoms with Gasteiger partial charge in [0.1, 0.15) is 18.3 Å². The zero-order chi connectivity index (χ0) is 28.6. The molecule has 1 atom stereocenters. The highest BCUT2D eigenvalue weighted by Gasteiger charge is 2.33. The molecule has 0 heterocycles.